The van der Waals surface area contributed by atoms with Crippen molar-refractivity contribution in [3.05, 3.63) is 34.3 Å². The molecule has 0 aliphatic carbocycles. The van der Waals surface area contributed by atoms with E-state index in [4.69, 9.17) is 4.74 Å². The fourth-order valence-electron chi connectivity index (χ4n) is 3.35. The van der Waals surface area contributed by atoms with Crippen molar-refractivity contribution < 1.29 is 4.74 Å². The molecule has 3 rings (SSSR count). The SMILES string of the molecule is CC(CN1CCNCC1)C1(c2ccccc2Br)COC1. The van der Waals surface area contributed by atoms with Gasteiger partial charge in [-0.3, -0.25) is 0 Å². The molecule has 110 valence electrons. The van der Waals surface area contributed by atoms with Crippen molar-refractivity contribution in [2.24, 2.45) is 5.92 Å². The molecule has 1 aromatic rings. The highest BCUT2D eigenvalue weighted by Gasteiger charge is 2.46. The summed E-state index contributed by atoms with van der Waals surface area (Å²) in [5, 5.41) is 3.42. The maximum atomic E-state index is 5.61. The van der Waals surface area contributed by atoms with Gasteiger partial charge in [0.05, 0.1) is 13.2 Å². The largest absolute Gasteiger partial charge is 0.379 e. The normalized spacial score (nSPS) is 24.1. The number of nitrogens with one attached hydrogen (secondary N) is 1. The van der Waals surface area contributed by atoms with Crippen LogP contribution in [0.25, 0.3) is 0 Å². The highest BCUT2D eigenvalue weighted by atomic mass is 79.9. The lowest BCUT2D eigenvalue weighted by Crippen LogP contribution is -2.56. The van der Waals surface area contributed by atoms with E-state index in [0.29, 0.717) is 5.92 Å². The molecule has 1 unspecified atom stereocenters. The first-order chi connectivity index (χ1) is 9.72. The third-order valence-corrected chi connectivity index (χ3v) is 5.51. The first kappa shape index (κ1) is 14.5. The van der Waals surface area contributed by atoms with Crippen molar-refractivity contribution in [1.82, 2.24) is 10.2 Å². The highest BCUT2D eigenvalue weighted by Crippen LogP contribution is 2.42. The molecule has 2 aliphatic heterocycles. The number of ether oxygens (including phenoxy) is 1. The van der Waals surface area contributed by atoms with Gasteiger partial charge in [-0.15, -0.1) is 0 Å². The lowest BCUT2D eigenvalue weighted by atomic mass is 9.69. The molecule has 1 atom stereocenters. The van der Waals surface area contributed by atoms with Crippen molar-refractivity contribution in [3.8, 4) is 0 Å². The summed E-state index contributed by atoms with van der Waals surface area (Å²) in [5.74, 6) is 0.605. The van der Waals surface area contributed by atoms with Crippen molar-refractivity contribution in [2.45, 2.75) is 12.3 Å². The van der Waals surface area contributed by atoms with Gasteiger partial charge in [0.15, 0.2) is 0 Å². The monoisotopic (exact) mass is 338 g/mol. The number of hydrogen-bond donors (Lipinski definition) is 1. The van der Waals surface area contributed by atoms with Gasteiger partial charge in [-0.05, 0) is 17.5 Å². The van der Waals surface area contributed by atoms with Crippen molar-refractivity contribution in [2.75, 3.05) is 45.9 Å². The summed E-state index contributed by atoms with van der Waals surface area (Å²) < 4.78 is 6.82. The van der Waals surface area contributed by atoms with Crippen molar-refractivity contribution >= 4 is 15.9 Å². The molecule has 2 saturated heterocycles. The molecule has 0 bridgehead atoms. The average Bonchev–Trinajstić information content (AvgIpc) is 2.41. The van der Waals surface area contributed by atoms with E-state index in [0.717, 1.165) is 45.9 Å². The van der Waals surface area contributed by atoms with Gasteiger partial charge in [-0.1, -0.05) is 41.1 Å². The fraction of sp³-hybridized carbons (Fsp3) is 0.625. The van der Waals surface area contributed by atoms with E-state index in [1.807, 2.05) is 0 Å². The van der Waals surface area contributed by atoms with Crippen molar-refractivity contribution in [1.29, 1.82) is 0 Å². The molecule has 4 heteroatoms. The molecule has 0 aromatic heterocycles. The molecular formula is C16H23BrN2O. The molecule has 0 spiro atoms. The molecule has 1 aromatic carbocycles. The molecule has 20 heavy (non-hydrogen) atoms. The minimum atomic E-state index is 0.185. The second-order valence-electron chi connectivity index (χ2n) is 6.08. The summed E-state index contributed by atoms with van der Waals surface area (Å²) in [6.07, 6.45) is 0. The Morgan fingerprint density at radius 1 is 1.30 bits per heavy atom. The van der Waals surface area contributed by atoms with Gasteiger partial charge >= 0.3 is 0 Å². The minimum absolute atomic E-state index is 0.185. The summed E-state index contributed by atoms with van der Waals surface area (Å²) in [6, 6.07) is 8.62. The van der Waals surface area contributed by atoms with E-state index in [2.05, 4.69) is 57.3 Å². The van der Waals surface area contributed by atoms with Crippen LogP contribution in [-0.4, -0.2) is 50.8 Å². The topological polar surface area (TPSA) is 24.5 Å². The Labute approximate surface area is 129 Å². The van der Waals surface area contributed by atoms with E-state index in [9.17, 15) is 0 Å². The first-order valence-corrected chi connectivity index (χ1v) is 8.27. The zero-order chi connectivity index (χ0) is 14.0. The van der Waals surface area contributed by atoms with Gasteiger partial charge in [0.1, 0.15) is 0 Å². The summed E-state index contributed by atoms with van der Waals surface area (Å²) in [5.41, 5.74) is 1.60. The van der Waals surface area contributed by atoms with Crippen LogP contribution >= 0.6 is 15.9 Å². The lowest BCUT2D eigenvalue weighted by molar-refractivity contribution is -0.0929. The quantitative estimate of drug-likeness (QED) is 0.911. The van der Waals surface area contributed by atoms with Gasteiger partial charge in [0.2, 0.25) is 0 Å². The minimum Gasteiger partial charge on any atom is -0.379 e. The number of halogens is 1. The summed E-state index contributed by atoms with van der Waals surface area (Å²) in [4.78, 5) is 2.58. The molecule has 2 fully saturated rings. The van der Waals surface area contributed by atoms with Crippen LogP contribution in [0.5, 0.6) is 0 Å². The Hall–Kier alpha value is -0.420. The standard InChI is InChI=1S/C16H23BrN2O/c1-13(10-19-8-6-18-7-9-19)16(11-20-12-16)14-4-2-3-5-15(14)17/h2-5,13,18H,6-12H2,1H3. The maximum Gasteiger partial charge on any atom is 0.0589 e. The molecule has 0 radical (unpaired) electrons. The summed E-state index contributed by atoms with van der Waals surface area (Å²) >= 11 is 3.72. The predicted molar refractivity (Wildman–Crippen MR) is 85.1 cm³/mol. The maximum absolute atomic E-state index is 5.61. The van der Waals surface area contributed by atoms with E-state index < -0.39 is 0 Å². The Kier molecular flexibility index (Phi) is 4.46. The average molecular weight is 339 g/mol. The molecule has 2 heterocycles. The second kappa shape index (κ2) is 6.14. The lowest BCUT2D eigenvalue weighted by Gasteiger charge is -2.48. The Morgan fingerprint density at radius 3 is 2.60 bits per heavy atom. The number of nitrogens with zero attached hydrogens (tertiary/aromatic N) is 1. The smallest absolute Gasteiger partial charge is 0.0589 e. The predicted octanol–water partition coefficient (Wildman–Crippen LogP) is 2.26. The summed E-state index contributed by atoms with van der Waals surface area (Å²) in [6.45, 7) is 9.80. The van der Waals surface area contributed by atoms with Gasteiger partial charge in [0, 0.05) is 42.6 Å². The highest BCUT2D eigenvalue weighted by molar-refractivity contribution is 9.10. The van der Waals surface area contributed by atoms with Crippen LogP contribution in [0.1, 0.15) is 12.5 Å². The van der Waals surface area contributed by atoms with Crippen LogP contribution in [0.3, 0.4) is 0 Å². The van der Waals surface area contributed by atoms with Crippen LogP contribution < -0.4 is 5.32 Å². The van der Waals surface area contributed by atoms with Crippen LogP contribution in [0, 0.1) is 5.92 Å². The molecular weight excluding hydrogens is 316 g/mol. The Balaban J connectivity index is 1.76. The zero-order valence-corrected chi connectivity index (χ0v) is 13.7. The zero-order valence-electron chi connectivity index (χ0n) is 12.1. The van der Waals surface area contributed by atoms with Crippen LogP contribution in [0.2, 0.25) is 0 Å². The number of piperazine rings is 1. The van der Waals surface area contributed by atoms with Crippen LogP contribution in [0.4, 0.5) is 0 Å². The molecule has 0 amide bonds. The third-order valence-electron chi connectivity index (χ3n) is 4.81. The van der Waals surface area contributed by atoms with Gasteiger partial charge in [-0.2, -0.15) is 0 Å². The van der Waals surface area contributed by atoms with Crippen LogP contribution in [-0.2, 0) is 10.2 Å². The first-order valence-electron chi connectivity index (χ1n) is 7.48. The van der Waals surface area contributed by atoms with E-state index in [1.165, 1.54) is 10.0 Å². The number of rotatable bonds is 4. The molecule has 0 saturated carbocycles. The van der Waals surface area contributed by atoms with Gasteiger partial charge < -0.3 is 15.0 Å². The molecule has 3 nitrogen and oxygen atoms in total. The van der Waals surface area contributed by atoms with E-state index in [1.54, 1.807) is 0 Å². The van der Waals surface area contributed by atoms with Gasteiger partial charge in [0.25, 0.3) is 0 Å². The second-order valence-corrected chi connectivity index (χ2v) is 6.93. The molecule has 1 N–H and O–H groups in total. The van der Waals surface area contributed by atoms with Crippen LogP contribution in [0.15, 0.2) is 28.7 Å². The number of hydrogen-bond acceptors (Lipinski definition) is 3. The molecule has 2 aliphatic rings. The number of benzene rings is 1. The fourth-order valence-corrected chi connectivity index (χ4v) is 4.03. The van der Waals surface area contributed by atoms with E-state index >= 15 is 0 Å². The van der Waals surface area contributed by atoms with Crippen molar-refractivity contribution in [3.63, 3.8) is 0 Å². The van der Waals surface area contributed by atoms with Gasteiger partial charge in [-0.25, -0.2) is 0 Å². The van der Waals surface area contributed by atoms with E-state index in [-0.39, 0.29) is 5.41 Å². The summed E-state index contributed by atoms with van der Waals surface area (Å²) in [7, 11) is 0. The Bertz CT molecular complexity index is 456. The Morgan fingerprint density at radius 2 is 2.00 bits per heavy atom. The third kappa shape index (κ3) is 2.67.